The molecule has 1 saturated carbocycles. The zero-order valence-electron chi connectivity index (χ0n) is 10.7. The van der Waals surface area contributed by atoms with Gasteiger partial charge in [0.05, 0.1) is 0 Å². The molecule has 1 N–H and O–H groups in total. The minimum absolute atomic E-state index is 0.122. The van der Waals surface area contributed by atoms with Gasteiger partial charge in [0, 0.05) is 19.1 Å². The SMILES string of the molecule is O=C(NC1CCC1)N1CCCc2ccccc2C1. The molecule has 2 aliphatic rings. The van der Waals surface area contributed by atoms with Crippen LogP contribution in [0.4, 0.5) is 4.79 Å². The van der Waals surface area contributed by atoms with Crippen LogP contribution in [0.15, 0.2) is 24.3 Å². The second-order valence-corrected chi connectivity index (χ2v) is 5.37. The van der Waals surface area contributed by atoms with E-state index in [9.17, 15) is 4.79 Å². The number of amides is 2. The maximum Gasteiger partial charge on any atom is 0.317 e. The molecule has 0 aromatic heterocycles. The number of rotatable bonds is 1. The molecule has 3 rings (SSSR count). The van der Waals surface area contributed by atoms with Gasteiger partial charge in [0.25, 0.3) is 0 Å². The molecular weight excluding hydrogens is 224 g/mol. The lowest BCUT2D eigenvalue weighted by Gasteiger charge is -2.30. The van der Waals surface area contributed by atoms with Gasteiger partial charge in [-0.05, 0) is 43.2 Å². The number of fused-ring (bicyclic) bond motifs is 1. The van der Waals surface area contributed by atoms with Crippen molar-refractivity contribution < 1.29 is 4.79 Å². The first-order chi connectivity index (χ1) is 8.83. The molecule has 0 saturated heterocycles. The summed E-state index contributed by atoms with van der Waals surface area (Å²) in [6.45, 7) is 1.63. The van der Waals surface area contributed by atoms with Gasteiger partial charge in [-0.15, -0.1) is 0 Å². The van der Waals surface area contributed by atoms with E-state index < -0.39 is 0 Å². The molecular formula is C15H20N2O. The van der Waals surface area contributed by atoms with Crippen molar-refractivity contribution >= 4 is 6.03 Å². The Hall–Kier alpha value is -1.51. The van der Waals surface area contributed by atoms with E-state index in [0.717, 1.165) is 38.8 Å². The smallest absolute Gasteiger partial charge is 0.317 e. The normalized spacial score (nSPS) is 19.7. The third-order valence-corrected chi connectivity index (χ3v) is 4.07. The monoisotopic (exact) mass is 244 g/mol. The van der Waals surface area contributed by atoms with Crippen molar-refractivity contribution in [3.05, 3.63) is 35.4 Å². The van der Waals surface area contributed by atoms with Crippen LogP contribution in [0.3, 0.4) is 0 Å². The molecule has 0 unspecified atom stereocenters. The Balaban J connectivity index is 1.68. The molecule has 3 nitrogen and oxygen atoms in total. The average Bonchev–Trinajstić information content (AvgIpc) is 2.55. The molecule has 0 radical (unpaired) electrons. The van der Waals surface area contributed by atoms with Crippen LogP contribution in [0.5, 0.6) is 0 Å². The second-order valence-electron chi connectivity index (χ2n) is 5.37. The summed E-state index contributed by atoms with van der Waals surface area (Å²) >= 11 is 0. The number of urea groups is 1. The van der Waals surface area contributed by atoms with Crippen molar-refractivity contribution in [2.75, 3.05) is 6.54 Å². The quantitative estimate of drug-likeness (QED) is 0.809. The van der Waals surface area contributed by atoms with E-state index in [0.29, 0.717) is 6.04 Å². The van der Waals surface area contributed by atoms with Gasteiger partial charge in [0.15, 0.2) is 0 Å². The van der Waals surface area contributed by atoms with Crippen LogP contribution < -0.4 is 5.32 Å². The first-order valence-electron chi connectivity index (χ1n) is 6.95. The fourth-order valence-electron chi connectivity index (χ4n) is 2.69. The van der Waals surface area contributed by atoms with Gasteiger partial charge in [-0.1, -0.05) is 24.3 Å². The summed E-state index contributed by atoms with van der Waals surface area (Å²) in [6.07, 6.45) is 5.71. The third-order valence-electron chi connectivity index (χ3n) is 4.07. The van der Waals surface area contributed by atoms with Crippen LogP contribution in [0.2, 0.25) is 0 Å². The third kappa shape index (κ3) is 2.35. The summed E-state index contributed by atoms with van der Waals surface area (Å²) in [5.41, 5.74) is 2.70. The van der Waals surface area contributed by atoms with Crippen molar-refractivity contribution in [2.24, 2.45) is 0 Å². The van der Waals surface area contributed by atoms with Crippen molar-refractivity contribution in [3.8, 4) is 0 Å². The summed E-state index contributed by atoms with van der Waals surface area (Å²) in [5.74, 6) is 0. The van der Waals surface area contributed by atoms with E-state index in [2.05, 4.69) is 29.6 Å². The van der Waals surface area contributed by atoms with Gasteiger partial charge in [-0.2, -0.15) is 0 Å². The highest BCUT2D eigenvalue weighted by Crippen LogP contribution is 2.21. The van der Waals surface area contributed by atoms with E-state index in [-0.39, 0.29) is 6.03 Å². The van der Waals surface area contributed by atoms with Gasteiger partial charge >= 0.3 is 6.03 Å². The maximum absolute atomic E-state index is 12.2. The number of benzene rings is 1. The molecule has 1 aromatic rings. The fourth-order valence-corrected chi connectivity index (χ4v) is 2.69. The van der Waals surface area contributed by atoms with E-state index in [4.69, 9.17) is 0 Å². The Bertz CT molecular complexity index is 440. The van der Waals surface area contributed by atoms with Crippen LogP contribution >= 0.6 is 0 Å². The predicted octanol–water partition coefficient (Wildman–Crippen LogP) is 2.70. The topological polar surface area (TPSA) is 32.3 Å². The lowest BCUT2D eigenvalue weighted by molar-refractivity contribution is 0.184. The molecule has 1 aliphatic heterocycles. The Kier molecular flexibility index (Phi) is 3.22. The Morgan fingerprint density at radius 2 is 1.94 bits per heavy atom. The van der Waals surface area contributed by atoms with Crippen LogP contribution in [0.1, 0.15) is 36.8 Å². The minimum Gasteiger partial charge on any atom is -0.335 e. The highest BCUT2D eigenvalue weighted by molar-refractivity contribution is 5.74. The van der Waals surface area contributed by atoms with Crippen LogP contribution in [-0.2, 0) is 13.0 Å². The number of hydrogen-bond acceptors (Lipinski definition) is 1. The second kappa shape index (κ2) is 5.01. The van der Waals surface area contributed by atoms with Crippen molar-refractivity contribution in [1.29, 1.82) is 0 Å². The molecule has 3 heteroatoms. The van der Waals surface area contributed by atoms with Crippen LogP contribution in [0.25, 0.3) is 0 Å². The summed E-state index contributed by atoms with van der Waals surface area (Å²) in [7, 11) is 0. The van der Waals surface area contributed by atoms with Gasteiger partial charge in [0.2, 0.25) is 0 Å². The van der Waals surface area contributed by atoms with Crippen molar-refractivity contribution in [1.82, 2.24) is 10.2 Å². The standard InChI is InChI=1S/C15H20N2O/c18-15(16-14-8-3-9-14)17-10-4-7-12-5-1-2-6-13(12)11-17/h1-2,5-6,14H,3-4,7-11H2,(H,16,18). The molecule has 96 valence electrons. The van der Waals surface area contributed by atoms with Crippen LogP contribution in [0, 0.1) is 0 Å². The molecule has 1 aromatic carbocycles. The number of carbonyl (C=O) groups excluding carboxylic acids is 1. The van der Waals surface area contributed by atoms with E-state index in [1.807, 2.05) is 4.90 Å². The highest BCUT2D eigenvalue weighted by atomic mass is 16.2. The molecule has 0 spiro atoms. The lowest BCUT2D eigenvalue weighted by Crippen LogP contribution is -2.47. The van der Waals surface area contributed by atoms with E-state index >= 15 is 0 Å². The molecule has 1 aliphatic carbocycles. The molecule has 2 amide bonds. The maximum atomic E-state index is 12.2. The Labute approximate surface area is 108 Å². The minimum atomic E-state index is 0.122. The largest absolute Gasteiger partial charge is 0.335 e. The van der Waals surface area contributed by atoms with Crippen LogP contribution in [-0.4, -0.2) is 23.5 Å². The molecule has 1 heterocycles. The number of nitrogens with one attached hydrogen (secondary N) is 1. The number of hydrogen-bond donors (Lipinski definition) is 1. The summed E-state index contributed by atoms with van der Waals surface area (Å²) < 4.78 is 0. The number of aryl methyl sites for hydroxylation is 1. The van der Waals surface area contributed by atoms with Gasteiger partial charge in [0.1, 0.15) is 0 Å². The average molecular weight is 244 g/mol. The van der Waals surface area contributed by atoms with Gasteiger partial charge < -0.3 is 10.2 Å². The van der Waals surface area contributed by atoms with Crippen molar-refractivity contribution in [2.45, 2.75) is 44.7 Å². The number of carbonyl (C=O) groups is 1. The highest BCUT2D eigenvalue weighted by Gasteiger charge is 2.24. The molecule has 1 fully saturated rings. The summed E-state index contributed by atoms with van der Waals surface area (Å²) in [5, 5.41) is 3.13. The van der Waals surface area contributed by atoms with Gasteiger partial charge in [-0.3, -0.25) is 0 Å². The fraction of sp³-hybridized carbons (Fsp3) is 0.533. The predicted molar refractivity (Wildman–Crippen MR) is 71.3 cm³/mol. The van der Waals surface area contributed by atoms with E-state index in [1.165, 1.54) is 17.5 Å². The molecule has 0 atom stereocenters. The molecule has 18 heavy (non-hydrogen) atoms. The van der Waals surface area contributed by atoms with Crippen molar-refractivity contribution in [3.63, 3.8) is 0 Å². The first-order valence-corrected chi connectivity index (χ1v) is 6.95. The Morgan fingerprint density at radius 1 is 1.17 bits per heavy atom. The number of nitrogens with zero attached hydrogens (tertiary/aromatic N) is 1. The first kappa shape index (κ1) is 11.6. The molecule has 0 bridgehead atoms. The summed E-state index contributed by atoms with van der Waals surface area (Å²) in [4.78, 5) is 14.1. The zero-order valence-corrected chi connectivity index (χ0v) is 10.7. The van der Waals surface area contributed by atoms with E-state index in [1.54, 1.807) is 0 Å². The van der Waals surface area contributed by atoms with Gasteiger partial charge in [-0.25, -0.2) is 4.79 Å². The zero-order chi connectivity index (χ0) is 12.4. The lowest BCUT2D eigenvalue weighted by atomic mass is 9.93. The summed E-state index contributed by atoms with van der Waals surface area (Å²) in [6, 6.07) is 9.02. The Morgan fingerprint density at radius 3 is 2.67 bits per heavy atom.